The summed E-state index contributed by atoms with van der Waals surface area (Å²) in [6, 6.07) is 8.42. The summed E-state index contributed by atoms with van der Waals surface area (Å²) in [5.41, 5.74) is 0.950. The van der Waals surface area contributed by atoms with Crippen molar-refractivity contribution >= 4 is 27.5 Å². The van der Waals surface area contributed by atoms with Crippen LogP contribution < -0.4 is 21.3 Å². The number of nitrogens with one attached hydrogen (secondary N) is 4. The smallest absolute Gasteiger partial charge is 0.235 e. The Labute approximate surface area is 187 Å². The number of morpholine rings is 1. The minimum absolute atomic E-state index is 0.0240. The van der Waals surface area contributed by atoms with Crippen molar-refractivity contribution in [2.75, 3.05) is 26.2 Å². The molecule has 168 valence electrons. The van der Waals surface area contributed by atoms with Crippen LogP contribution in [-0.4, -0.2) is 72.7 Å². The monoisotopic (exact) mass is 444 g/mol. The number of aromatic nitrogens is 1. The van der Waals surface area contributed by atoms with Gasteiger partial charge in [-0.15, -0.1) is 11.3 Å². The van der Waals surface area contributed by atoms with Crippen molar-refractivity contribution in [2.45, 2.75) is 63.3 Å². The Bertz CT molecular complexity index is 873. The number of rotatable bonds is 4. The Morgan fingerprint density at radius 3 is 2.77 bits per heavy atom. The Balaban J connectivity index is 1.41. The summed E-state index contributed by atoms with van der Waals surface area (Å²) >= 11 is 1.61. The molecule has 4 N–H and O–H groups in total. The summed E-state index contributed by atoms with van der Waals surface area (Å²) in [6.45, 7) is 7.71. The highest BCUT2D eigenvalue weighted by atomic mass is 32.1. The number of piperidine rings is 1. The van der Waals surface area contributed by atoms with Gasteiger partial charge in [0.25, 0.3) is 0 Å². The number of hydrogen-bond donors (Lipinski definition) is 4. The van der Waals surface area contributed by atoms with E-state index in [-0.39, 0.29) is 36.5 Å². The molecule has 1 amide bonds. The molecule has 3 saturated heterocycles. The molecule has 0 saturated carbocycles. The van der Waals surface area contributed by atoms with E-state index in [2.05, 4.69) is 46.1 Å². The number of thiazole rings is 1. The van der Waals surface area contributed by atoms with Crippen molar-refractivity contribution in [2.24, 2.45) is 0 Å². The first-order valence-corrected chi connectivity index (χ1v) is 12.2. The molecule has 0 spiro atoms. The Morgan fingerprint density at radius 1 is 1.23 bits per heavy atom. The number of carbonyl (C=O) groups excluding carboxylic acids is 1. The second-order valence-electron chi connectivity index (χ2n) is 8.97. The molecule has 31 heavy (non-hydrogen) atoms. The lowest BCUT2D eigenvalue weighted by atomic mass is 10.00. The molecule has 5 unspecified atom stereocenters. The van der Waals surface area contributed by atoms with Crippen molar-refractivity contribution in [3.63, 3.8) is 0 Å². The molecule has 1 aromatic carbocycles. The first-order valence-electron chi connectivity index (χ1n) is 11.3. The molecule has 5 rings (SSSR count). The van der Waals surface area contributed by atoms with Gasteiger partial charge in [0.1, 0.15) is 17.2 Å². The molecule has 0 bridgehead atoms. The van der Waals surface area contributed by atoms with Gasteiger partial charge in [-0.1, -0.05) is 12.1 Å². The predicted octanol–water partition coefficient (Wildman–Crippen LogP) is 1.16. The summed E-state index contributed by atoms with van der Waals surface area (Å²) in [4.78, 5) is 20.5. The predicted molar refractivity (Wildman–Crippen MR) is 122 cm³/mol. The molecular formula is C22H32N6O2S. The molecule has 0 aliphatic carbocycles. The van der Waals surface area contributed by atoms with Crippen LogP contribution in [0.5, 0.6) is 0 Å². The van der Waals surface area contributed by atoms with Crippen LogP contribution in [0.15, 0.2) is 24.3 Å². The van der Waals surface area contributed by atoms with E-state index in [1.54, 1.807) is 11.3 Å². The number of benzene rings is 1. The molecule has 6 atom stereocenters. The third kappa shape index (κ3) is 4.62. The maximum Gasteiger partial charge on any atom is 0.235 e. The number of carbonyl (C=O) groups is 1. The summed E-state index contributed by atoms with van der Waals surface area (Å²) in [6.07, 6.45) is 2.12. The lowest BCUT2D eigenvalue weighted by molar-refractivity contribution is -0.135. The van der Waals surface area contributed by atoms with Gasteiger partial charge in [-0.3, -0.25) is 20.3 Å². The standard InChI is InChI=1S/C22H32N6O2S/c1-13-11-28(12-14(2)30-13)22-26-19(24-15-6-5-9-23-10-15)18(20(29)27-22)21-25-16-7-3-4-8-17(16)31-21/h3-4,7-8,13-15,18-19,22-24,26H,5-6,9-12H2,1-2H3,(H,27,29)/t13?,14?,15-,18?,19?,22?/m1/s1. The minimum Gasteiger partial charge on any atom is -0.373 e. The zero-order chi connectivity index (χ0) is 21.4. The highest BCUT2D eigenvalue weighted by Crippen LogP contribution is 2.31. The second-order valence-corrected chi connectivity index (χ2v) is 10.0. The quantitative estimate of drug-likeness (QED) is 0.563. The summed E-state index contributed by atoms with van der Waals surface area (Å²) < 4.78 is 7.00. The molecular weight excluding hydrogens is 412 g/mol. The highest BCUT2D eigenvalue weighted by molar-refractivity contribution is 7.18. The van der Waals surface area contributed by atoms with Crippen LogP contribution >= 0.6 is 11.3 Å². The lowest BCUT2D eigenvalue weighted by Gasteiger charge is -2.46. The number of nitrogens with zero attached hydrogens (tertiary/aromatic N) is 2. The van der Waals surface area contributed by atoms with Crippen molar-refractivity contribution in [1.82, 2.24) is 31.2 Å². The Hall–Kier alpha value is -1.62. The van der Waals surface area contributed by atoms with Crippen molar-refractivity contribution in [3.05, 3.63) is 29.3 Å². The third-order valence-corrected chi connectivity index (χ3v) is 7.45. The molecule has 3 aliphatic heterocycles. The fraction of sp³-hybridized carbons (Fsp3) is 0.636. The number of para-hydroxylation sites is 1. The largest absolute Gasteiger partial charge is 0.373 e. The maximum absolute atomic E-state index is 13.4. The minimum atomic E-state index is -0.369. The van der Waals surface area contributed by atoms with E-state index in [4.69, 9.17) is 9.72 Å². The van der Waals surface area contributed by atoms with Gasteiger partial charge in [0.05, 0.1) is 28.6 Å². The van der Waals surface area contributed by atoms with Gasteiger partial charge in [0.15, 0.2) is 0 Å². The van der Waals surface area contributed by atoms with Gasteiger partial charge < -0.3 is 15.4 Å². The SMILES string of the molecule is CC1CN(C2NC(=O)C(c3nc4ccccc4s3)C(N[C@@H]3CCCNC3)N2)CC(C)O1. The van der Waals surface area contributed by atoms with E-state index < -0.39 is 0 Å². The summed E-state index contributed by atoms with van der Waals surface area (Å²) in [5.74, 6) is -0.345. The van der Waals surface area contributed by atoms with E-state index in [1.807, 2.05) is 18.2 Å². The Morgan fingerprint density at radius 2 is 2.03 bits per heavy atom. The van der Waals surface area contributed by atoms with E-state index >= 15 is 0 Å². The molecule has 2 aromatic rings. The zero-order valence-corrected chi connectivity index (χ0v) is 19.0. The maximum atomic E-state index is 13.4. The number of hydrogen-bond acceptors (Lipinski definition) is 8. The lowest BCUT2D eigenvalue weighted by Crippen LogP contribution is -2.72. The third-order valence-electron chi connectivity index (χ3n) is 6.33. The molecule has 8 nitrogen and oxygen atoms in total. The van der Waals surface area contributed by atoms with Crippen LogP contribution in [0.2, 0.25) is 0 Å². The van der Waals surface area contributed by atoms with E-state index in [1.165, 1.54) is 0 Å². The van der Waals surface area contributed by atoms with Gasteiger partial charge in [0.2, 0.25) is 5.91 Å². The van der Waals surface area contributed by atoms with Crippen LogP contribution in [0, 0.1) is 0 Å². The molecule has 4 heterocycles. The van der Waals surface area contributed by atoms with E-state index in [9.17, 15) is 4.79 Å². The molecule has 0 radical (unpaired) electrons. The van der Waals surface area contributed by atoms with Crippen molar-refractivity contribution < 1.29 is 9.53 Å². The number of fused-ring (bicyclic) bond motifs is 1. The van der Waals surface area contributed by atoms with Crippen LogP contribution in [0.3, 0.4) is 0 Å². The highest BCUT2D eigenvalue weighted by Gasteiger charge is 2.42. The molecule has 1 aromatic heterocycles. The van der Waals surface area contributed by atoms with Crippen molar-refractivity contribution in [3.8, 4) is 0 Å². The first-order chi connectivity index (χ1) is 15.1. The zero-order valence-electron chi connectivity index (χ0n) is 18.1. The fourth-order valence-electron chi connectivity index (χ4n) is 4.98. The second kappa shape index (κ2) is 9.09. The van der Waals surface area contributed by atoms with E-state index in [0.29, 0.717) is 6.04 Å². The number of ether oxygens (including phenoxy) is 1. The first kappa shape index (κ1) is 21.2. The van der Waals surface area contributed by atoms with E-state index in [0.717, 1.165) is 54.2 Å². The van der Waals surface area contributed by atoms with Gasteiger partial charge in [-0.05, 0) is 45.4 Å². The molecule has 3 aliphatic rings. The van der Waals surface area contributed by atoms with Crippen LogP contribution in [0.1, 0.15) is 37.6 Å². The number of amides is 1. The van der Waals surface area contributed by atoms with Crippen molar-refractivity contribution in [1.29, 1.82) is 0 Å². The van der Waals surface area contributed by atoms with Gasteiger partial charge >= 0.3 is 0 Å². The summed E-state index contributed by atoms with van der Waals surface area (Å²) in [7, 11) is 0. The average molecular weight is 445 g/mol. The molecule has 3 fully saturated rings. The summed E-state index contributed by atoms with van der Waals surface area (Å²) in [5, 5.41) is 15.0. The fourth-order valence-corrected chi connectivity index (χ4v) is 6.08. The van der Waals surface area contributed by atoms with Crippen LogP contribution in [-0.2, 0) is 9.53 Å². The average Bonchev–Trinajstić information content (AvgIpc) is 3.17. The van der Waals surface area contributed by atoms with Crippen LogP contribution in [0.4, 0.5) is 0 Å². The normalized spacial score (nSPS) is 35.2. The van der Waals surface area contributed by atoms with Crippen LogP contribution in [0.25, 0.3) is 10.2 Å². The Kier molecular flexibility index (Phi) is 6.23. The molecule has 9 heteroatoms. The van der Waals surface area contributed by atoms with Gasteiger partial charge in [-0.25, -0.2) is 4.98 Å². The van der Waals surface area contributed by atoms with Gasteiger partial charge in [0, 0.05) is 25.7 Å². The topological polar surface area (TPSA) is 90.6 Å². The van der Waals surface area contributed by atoms with Gasteiger partial charge in [-0.2, -0.15) is 0 Å².